The molecule has 0 bridgehead atoms. The zero-order chi connectivity index (χ0) is 18.2. The maximum atomic E-state index is 10.4. The van der Waals surface area contributed by atoms with Gasteiger partial charge in [-0.2, -0.15) is 0 Å². The van der Waals surface area contributed by atoms with Gasteiger partial charge in [-0.15, -0.1) is 0 Å². The Hall–Kier alpha value is -2.82. The lowest BCUT2D eigenvalue weighted by Gasteiger charge is -2.13. The van der Waals surface area contributed by atoms with Crippen LogP contribution in [-0.2, 0) is 0 Å². The molecule has 0 aliphatic rings. The lowest BCUT2D eigenvalue weighted by atomic mass is 10.2. The number of hydrogen-bond donors (Lipinski definition) is 1. The predicted molar refractivity (Wildman–Crippen MR) is 81.5 cm³/mol. The Balaban J connectivity index is 0.000000585. The molecule has 0 unspecified atom stereocenters. The molecule has 0 aliphatic carbocycles. The van der Waals surface area contributed by atoms with Gasteiger partial charge < -0.3 is 10.0 Å². The zero-order valence-corrected chi connectivity index (χ0v) is 13.0. The smallest absolute Gasteiger partial charge is 0.324 e. The molecule has 0 radical (unpaired) electrons. The van der Waals surface area contributed by atoms with Crippen LogP contribution in [0.2, 0.25) is 0 Å². The Morgan fingerprint density at radius 3 is 1.39 bits per heavy atom. The molecule has 0 saturated heterocycles. The third-order valence-corrected chi connectivity index (χ3v) is 3.00. The molecule has 1 rings (SSSR count). The van der Waals surface area contributed by atoms with Crippen molar-refractivity contribution in [3.8, 4) is 5.75 Å². The summed E-state index contributed by atoms with van der Waals surface area (Å²) in [5, 5.41) is 40.2. The van der Waals surface area contributed by atoms with Crippen molar-refractivity contribution in [2.24, 2.45) is 0 Å². The summed E-state index contributed by atoms with van der Waals surface area (Å²) in [5.41, 5.74) is -3.00. The van der Waals surface area contributed by atoms with Crippen molar-refractivity contribution in [1.29, 1.82) is 0 Å². The fraction of sp³-hybridized carbons (Fsp3) is 0.500. The average molecular weight is 330 g/mol. The van der Waals surface area contributed by atoms with Crippen LogP contribution in [0.4, 0.5) is 17.1 Å². The minimum absolute atomic E-state index is 0.447. The highest BCUT2D eigenvalue weighted by Gasteiger charge is 2.30. The van der Waals surface area contributed by atoms with Crippen LogP contribution < -0.4 is 0 Å². The number of benzene rings is 1. The molecule has 0 aliphatic heterocycles. The number of nitro benzene ring substituents is 3. The molecule has 0 aromatic heterocycles. The van der Waals surface area contributed by atoms with Crippen molar-refractivity contribution < 1.29 is 19.9 Å². The van der Waals surface area contributed by atoms with Gasteiger partial charge in [0.2, 0.25) is 0 Å². The number of phenols is 1. The molecule has 1 N–H and O–H groups in total. The SMILES string of the molecule is CCN(CC)CC.O=[N+]([O-])c1cc([N+](=O)[O-])c(O)c([N+](=O)[O-])c1. The van der Waals surface area contributed by atoms with E-state index < -0.39 is 37.6 Å². The summed E-state index contributed by atoms with van der Waals surface area (Å²) in [6, 6.07) is 0.894. The largest absolute Gasteiger partial charge is 0.497 e. The fourth-order valence-electron chi connectivity index (χ4n) is 1.64. The molecule has 0 amide bonds. The van der Waals surface area contributed by atoms with Crippen molar-refractivity contribution in [3.63, 3.8) is 0 Å². The van der Waals surface area contributed by atoms with Gasteiger partial charge in [0.15, 0.2) is 0 Å². The standard InChI is InChI=1S/C6H3N3O7.C6H15N/c10-6-4(8(13)14)1-3(7(11)12)2-5(6)9(15)16;1-4-7(5-2)6-3/h1-2,10H;4-6H2,1-3H3. The summed E-state index contributed by atoms with van der Waals surface area (Å²) in [6.07, 6.45) is 0. The summed E-state index contributed by atoms with van der Waals surface area (Å²) in [4.78, 5) is 30.1. The lowest BCUT2D eigenvalue weighted by Crippen LogP contribution is -2.21. The molecule has 0 fully saturated rings. The molecule has 0 atom stereocenters. The number of aromatic hydroxyl groups is 1. The van der Waals surface area contributed by atoms with E-state index in [1.54, 1.807) is 0 Å². The normalized spacial score (nSPS) is 9.91. The van der Waals surface area contributed by atoms with E-state index in [4.69, 9.17) is 5.11 Å². The highest BCUT2D eigenvalue weighted by molar-refractivity contribution is 5.64. The van der Waals surface area contributed by atoms with E-state index in [0.29, 0.717) is 12.1 Å². The number of nitrogens with zero attached hydrogens (tertiary/aromatic N) is 4. The highest BCUT2D eigenvalue weighted by atomic mass is 16.6. The molecule has 0 saturated carbocycles. The van der Waals surface area contributed by atoms with E-state index in [9.17, 15) is 30.3 Å². The number of phenolic OH excluding ortho intramolecular Hbond substituents is 1. The molecule has 0 heterocycles. The third kappa shape index (κ3) is 5.82. The average Bonchev–Trinajstić information content (AvgIpc) is 2.49. The number of hydrogen-bond acceptors (Lipinski definition) is 8. The van der Waals surface area contributed by atoms with Crippen molar-refractivity contribution in [2.75, 3.05) is 19.6 Å². The second kappa shape index (κ2) is 9.25. The minimum Gasteiger partial charge on any atom is -0.497 e. The van der Waals surface area contributed by atoms with Crippen LogP contribution in [0.1, 0.15) is 20.8 Å². The summed E-state index contributed by atoms with van der Waals surface area (Å²) in [7, 11) is 0. The third-order valence-electron chi connectivity index (χ3n) is 3.00. The van der Waals surface area contributed by atoms with Crippen LogP contribution in [0.25, 0.3) is 0 Å². The predicted octanol–water partition coefficient (Wildman–Crippen LogP) is 2.46. The molecular weight excluding hydrogens is 312 g/mol. The Morgan fingerprint density at radius 2 is 1.22 bits per heavy atom. The molecule has 11 heteroatoms. The summed E-state index contributed by atoms with van der Waals surface area (Å²) in [6.45, 7) is 10.1. The quantitative estimate of drug-likeness (QED) is 0.616. The Morgan fingerprint density at radius 1 is 0.870 bits per heavy atom. The number of rotatable bonds is 6. The van der Waals surface area contributed by atoms with Crippen LogP contribution in [0.5, 0.6) is 5.75 Å². The van der Waals surface area contributed by atoms with E-state index in [1.165, 1.54) is 19.6 Å². The Bertz CT molecular complexity index is 546. The van der Waals surface area contributed by atoms with E-state index in [1.807, 2.05) is 0 Å². The molecule has 23 heavy (non-hydrogen) atoms. The van der Waals surface area contributed by atoms with Gasteiger partial charge in [-0.05, 0) is 19.6 Å². The van der Waals surface area contributed by atoms with E-state index in [2.05, 4.69) is 25.7 Å². The molecule has 0 spiro atoms. The second-order valence-corrected chi connectivity index (χ2v) is 4.22. The zero-order valence-electron chi connectivity index (χ0n) is 13.0. The van der Waals surface area contributed by atoms with E-state index in [-0.39, 0.29) is 0 Å². The summed E-state index contributed by atoms with van der Waals surface area (Å²) >= 11 is 0. The van der Waals surface area contributed by atoms with Gasteiger partial charge in [0, 0.05) is 0 Å². The summed E-state index contributed by atoms with van der Waals surface area (Å²) in [5.74, 6) is -1.21. The maximum absolute atomic E-state index is 10.4. The first kappa shape index (κ1) is 20.2. The topological polar surface area (TPSA) is 153 Å². The minimum atomic E-state index is -1.21. The first-order valence-electron chi connectivity index (χ1n) is 6.71. The van der Waals surface area contributed by atoms with Crippen molar-refractivity contribution in [3.05, 3.63) is 42.5 Å². The Labute approximate surface area is 131 Å². The maximum Gasteiger partial charge on any atom is 0.324 e. The van der Waals surface area contributed by atoms with Gasteiger partial charge in [-0.1, -0.05) is 20.8 Å². The van der Waals surface area contributed by atoms with Crippen LogP contribution >= 0.6 is 0 Å². The Kier molecular flexibility index (Phi) is 8.12. The van der Waals surface area contributed by atoms with E-state index >= 15 is 0 Å². The molecule has 128 valence electrons. The molecule has 1 aromatic rings. The van der Waals surface area contributed by atoms with Crippen LogP contribution in [0.15, 0.2) is 12.1 Å². The fourth-order valence-corrected chi connectivity index (χ4v) is 1.64. The first-order valence-corrected chi connectivity index (χ1v) is 6.71. The van der Waals surface area contributed by atoms with E-state index in [0.717, 1.165) is 0 Å². The summed E-state index contributed by atoms with van der Waals surface area (Å²) < 4.78 is 0. The number of nitro groups is 3. The molecule has 11 nitrogen and oxygen atoms in total. The van der Waals surface area contributed by atoms with Crippen LogP contribution in [0, 0.1) is 30.3 Å². The monoisotopic (exact) mass is 330 g/mol. The van der Waals surface area contributed by atoms with Crippen LogP contribution in [-0.4, -0.2) is 44.4 Å². The van der Waals surface area contributed by atoms with Crippen molar-refractivity contribution in [2.45, 2.75) is 20.8 Å². The molecular formula is C12H18N4O7. The van der Waals surface area contributed by atoms with Gasteiger partial charge in [0.1, 0.15) is 0 Å². The van der Waals surface area contributed by atoms with Crippen LogP contribution in [0.3, 0.4) is 0 Å². The van der Waals surface area contributed by atoms with Gasteiger partial charge in [0.25, 0.3) is 11.4 Å². The number of non-ortho nitro benzene ring substituents is 1. The van der Waals surface area contributed by atoms with Crippen molar-refractivity contribution in [1.82, 2.24) is 4.90 Å². The second-order valence-electron chi connectivity index (χ2n) is 4.22. The highest BCUT2D eigenvalue weighted by Crippen LogP contribution is 2.38. The lowest BCUT2D eigenvalue weighted by molar-refractivity contribution is -0.404. The van der Waals surface area contributed by atoms with Gasteiger partial charge >= 0.3 is 11.4 Å². The van der Waals surface area contributed by atoms with Gasteiger partial charge in [-0.3, -0.25) is 30.3 Å². The molecule has 1 aromatic carbocycles. The van der Waals surface area contributed by atoms with Gasteiger partial charge in [-0.25, -0.2) is 0 Å². The van der Waals surface area contributed by atoms with Gasteiger partial charge in [0.05, 0.1) is 26.9 Å². The first-order chi connectivity index (χ1) is 10.7. The van der Waals surface area contributed by atoms with Crippen molar-refractivity contribution >= 4 is 17.1 Å².